The number of nitrogens with one attached hydrogen (secondary N) is 1. The summed E-state index contributed by atoms with van der Waals surface area (Å²) in [6.07, 6.45) is 1.56. The van der Waals surface area contributed by atoms with Crippen molar-refractivity contribution < 1.29 is 9.47 Å². The van der Waals surface area contributed by atoms with Gasteiger partial charge in [0, 0.05) is 25.2 Å². The molecule has 0 bridgehead atoms. The Labute approximate surface area is 169 Å². The van der Waals surface area contributed by atoms with E-state index >= 15 is 0 Å². The van der Waals surface area contributed by atoms with Crippen LogP contribution in [0.1, 0.15) is 12.5 Å². The first-order chi connectivity index (χ1) is 13.6. The maximum atomic E-state index is 6.17. The highest BCUT2D eigenvalue weighted by Crippen LogP contribution is 2.37. The van der Waals surface area contributed by atoms with Crippen LogP contribution in [0, 0.1) is 0 Å². The minimum atomic E-state index is 0.464. The van der Waals surface area contributed by atoms with Gasteiger partial charge in [-0.2, -0.15) is 10.1 Å². The fourth-order valence-corrected chi connectivity index (χ4v) is 2.94. The lowest BCUT2D eigenvalue weighted by Gasteiger charge is -2.21. The number of nitrogens with zero attached hydrogens (tertiary/aromatic N) is 4. The van der Waals surface area contributed by atoms with Gasteiger partial charge in [0.2, 0.25) is 5.95 Å². The normalized spacial score (nSPS) is 10.4. The van der Waals surface area contributed by atoms with Crippen LogP contribution in [0.3, 0.4) is 0 Å². The summed E-state index contributed by atoms with van der Waals surface area (Å²) in [5.74, 6) is 2.18. The number of hydrogen-bond donors (Lipinski definition) is 1. The van der Waals surface area contributed by atoms with Gasteiger partial charge in [-0.15, -0.1) is 5.10 Å². The predicted octanol–water partition coefficient (Wildman–Crippen LogP) is 4.31. The van der Waals surface area contributed by atoms with Gasteiger partial charge >= 0.3 is 0 Å². The van der Waals surface area contributed by atoms with E-state index in [0.29, 0.717) is 40.5 Å². The summed E-state index contributed by atoms with van der Waals surface area (Å²) in [4.78, 5) is 6.65. The Bertz CT molecular complexity index is 924. The number of anilines is 3. The third-order valence-corrected chi connectivity index (χ3v) is 4.46. The number of aromatic nitrogens is 3. The number of benzene rings is 2. The molecule has 1 heterocycles. The first-order valence-electron chi connectivity index (χ1n) is 8.81. The van der Waals surface area contributed by atoms with Crippen LogP contribution in [0.25, 0.3) is 0 Å². The molecule has 0 spiro atoms. The van der Waals surface area contributed by atoms with Crippen molar-refractivity contribution in [2.75, 3.05) is 31.0 Å². The highest BCUT2D eigenvalue weighted by atomic mass is 35.5. The second-order valence-corrected chi connectivity index (χ2v) is 6.36. The van der Waals surface area contributed by atoms with Crippen LogP contribution < -0.4 is 19.7 Å². The fraction of sp³-hybridized carbons (Fsp3) is 0.250. The summed E-state index contributed by atoms with van der Waals surface area (Å²) in [6, 6.07) is 13.6. The van der Waals surface area contributed by atoms with Crippen molar-refractivity contribution in [2.45, 2.75) is 13.5 Å². The first kappa shape index (κ1) is 19.7. The molecule has 8 heteroatoms. The molecule has 146 valence electrons. The minimum absolute atomic E-state index is 0.464. The number of halogens is 1. The van der Waals surface area contributed by atoms with Crippen LogP contribution in [0.4, 0.5) is 17.5 Å². The third kappa shape index (κ3) is 4.61. The smallest absolute Gasteiger partial charge is 0.247 e. The van der Waals surface area contributed by atoms with Crippen molar-refractivity contribution in [3.63, 3.8) is 0 Å². The van der Waals surface area contributed by atoms with Gasteiger partial charge in [0.25, 0.3) is 0 Å². The number of hydrogen-bond acceptors (Lipinski definition) is 7. The number of ether oxygens (including phenoxy) is 2. The molecule has 1 N–H and O–H groups in total. The van der Waals surface area contributed by atoms with Crippen molar-refractivity contribution in [2.24, 2.45) is 0 Å². The summed E-state index contributed by atoms with van der Waals surface area (Å²) >= 11 is 6.17. The van der Waals surface area contributed by atoms with Crippen molar-refractivity contribution in [1.82, 2.24) is 15.2 Å². The molecule has 0 aliphatic heterocycles. The van der Waals surface area contributed by atoms with E-state index < -0.39 is 0 Å². The summed E-state index contributed by atoms with van der Waals surface area (Å²) in [5, 5.41) is 11.9. The zero-order valence-corrected chi connectivity index (χ0v) is 16.8. The lowest BCUT2D eigenvalue weighted by atomic mass is 10.2. The van der Waals surface area contributed by atoms with Crippen LogP contribution in [0.2, 0.25) is 5.02 Å². The zero-order valence-electron chi connectivity index (χ0n) is 16.0. The van der Waals surface area contributed by atoms with Gasteiger partial charge in [0.1, 0.15) is 11.5 Å². The molecule has 2 aromatic carbocycles. The molecule has 0 amide bonds. The van der Waals surface area contributed by atoms with E-state index in [2.05, 4.69) is 39.6 Å². The average Bonchev–Trinajstić information content (AvgIpc) is 2.73. The van der Waals surface area contributed by atoms with E-state index in [1.807, 2.05) is 23.1 Å². The molecular formula is C20H22ClN5O2. The Morgan fingerprint density at radius 1 is 1.07 bits per heavy atom. The van der Waals surface area contributed by atoms with E-state index in [0.717, 1.165) is 6.54 Å². The van der Waals surface area contributed by atoms with Crippen molar-refractivity contribution in [1.29, 1.82) is 0 Å². The average molecular weight is 400 g/mol. The second-order valence-electron chi connectivity index (χ2n) is 5.95. The highest BCUT2D eigenvalue weighted by molar-refractivity contribution is 6.32. The standard InChI is InChI=1S/C20H22ClN5O2/c1-4-26(13-14-8-6-5-7-9-14)20-24-19(12-22-25-20)23-16-11-17(27-2)15(21)10-18(16)28-3/h5-12H,4,13H2,1-3H3,(H,23,24,25). The fourth-order valence-electron chi connectivity index (χ4n) is 2.71. The molecule has 28 heavy (non-hydrogen) atoms. The van der Waals surface area contributed by atoms with E-state index in [1.165, 1.54) is 5.56 Å². The summed E-state index contributed by atoms with van der Waals surface area (Å²) in [5.41, 5.74) is 1.84. The SMILES string of the molecule is CCN(Cc1ccccc1)c1nncc(Nc2cc(OC)c(Cl)cc2OC)n1. The maximum absolute atomic E-state index is 6.17. The summed E-state index contributed by atoms with van der Waals surface area (Å²) in [6.45, 7) is 3.50. The monoisotopic (exact) mass is 399 g/mol. The van der Waals surface area contributed by atoms with Crippen molar-refractivity contribution in [3.05, 3.63) is 59.2 Å². The summed E-state index contributed by atoms with van der Waals surface area (Å²) in [7, 11) is 3.14. The number of rotatable bonds is 8. The van der Waals surface area contributed by atoms with E-state index in [-0.39, 0.29) is 0 Å². The van der Waals surface area contributed by atoms with Crippen molar-refractivity contribution in [3.8, 4) is 11.5 Å². The topological polar surface area (TPSA) is 72.4 Å². The van der Waals surface area contributed by atoms with Gasteiger partial charge < -0.3 is 19.7 Å². The Morgan fingerprint density at radius 3 is 2.50 bits per heavy atom. The zero-order chi connectivity index (χ0) is 19.9. The van der Waals surface area contributed by atoms with Gasteiger partial charge in [-0.3, -0.25) is 0 Å². The van der Waals surface area contributed by atoms with Crippen LogP contribution >= 0.6 is 11.6 Å². The Balaban J connectivity index is 1.85. The molecular weight excluding hydrogens is 378 g/mol. The summed E-state index contributed by atoms with van der Waals surface area (Å²) < 4.78 is 10.7. The molecule has 3 aromatic rings. The molecule has 0 saturated heterocycles. The minimum Gasteiger partial charge on any atom is -0.495 e. The predicted molar refractivity (Wildman–Crippen MR) is 111 cm³/mol. The maximum Gasteiger partial charge on any atom is 0.247 e. The molecule has 1 aromatic heterocycles. The largest absolute Gasteiger partial charge is 0.495 e. The van der Waals surface area contributed by atoms with Crippen LogP contribution in [0.15, 0.2) is 48.7 Å². The van der Waals surface area contributed by atoms with Gasteiger partial charge in [-0.1, -0.05) is 41.9 Å². The molecule has 0 aliphatic carbocycles. The number of methoxy groups -OCH3 is 2. The molecule has 0 saturated carbocycles. The molecule has 0 unspecified atom stereocenters. The Morgan fingerprint density at radius 2 is 1.82 bits per heavy atom. The highest BCUT2D eigenvalue weighted by Gasteiger charge is 2.13. The molecule has 7 nitrogen and oxygen atoms in total. The molecule has 0 atom stereocenters. The van der Waals surface area contributed by atoms with Crippen LogP contribution in [0.5, 0.6) is 11.5 Å². The lowest BCUT2D eigenvalue weighted by molar-refractivity contribution is 0.405. The van der Waals surface area contributed by atoms with Crippen LogP contribution in [-0.4, -0.2) is 35.9 Å². The van der Waals surface area contributed by atoms with Gasteiger partial charge in [-0.05, 0) is 12.5 Å². The van der Waals surface area contributed by atoms with E-state index in [9.17, 15) is 0 Å². The molecule has 3 rings (SSSR count). The van der Waals surface area contributed by atoms with Crippen molar-refractivity contribution >= 4 is 29.1 Å². The van der Waals surface area contributed by atoms with Gasteiger partial charge in [-0.25, -0.2) is 0 Å². The quantitative estimate of drug-likeness (QED) is 0.604. The molecule has 0 radical (unpaired) electrons. The van der Waals surface area contributed by atoms with E-state index in [4.69, 9.17) is 21.1 Å². The first-order valence-corrected chi connectivity index (χ1v) is 9.19. The third-order valence-electron chi connectivity index (χ3n) is 4.17. The second kappa shape index (κ2) is 9.23. The van der Waals surface area contributed by atoms with Gasteiger partial charge in [0.15, 0.2) is 5.82 Å². The molecule has 0 fully saturated rings. The van der Waals surface area contributed by atoms with Gasteiger partial charge in [0.05, 0.1) is 31.1 Å². The Kier molecular flexibility index (Phi) is 6.49. The molecule has 0 aliphatic rings. The van der Waals surface area contributed by atoms with E-state index in [1.54, 1.807) is 32.5 Å². The lowest BCUT2D eigenvalue weighted by Crippen LogP contribution is -2.24. The van der Waals surface area contributed by atoms with Crippen LogP contribution in [-0.2, 0) is 6.54 Å². The Hall–Kier alpha value is -3.06.